The molecule has 3 aromatic rings. The molecule has 8 heteroatoms. The molecule has 2 heterocycles. The highest BCUT2D eigenvalue weighted by Gasteiger charge is 2.34. The molecule has 1 fully saturated rings. The lowest BCUT2D eigenvalue weighted by molar-refractivity contribution is -0.137. The van der Waals surface area contributed by atoms with E-state index in [4.69, 9.17) is 9.47 Å². The summed E-state index contributed by atoms with van der Waals surface area (Å²) in [6.45, 7) is 4.24. The minimum Gasteiger partial charge on any atom is -0.508 e. The Labute approximate surface area is 212 Å². The van der Waals surface area contributed by atoms with Gasteiger partial charge in [-0.25, -0.2) is 0 Å². The van der Waals surface area contributed by atoms with Crippen LogP contribution in [0.15, 0.2) is 66.7 Å². The highest BCUT2D eigenvalue weighted by Crippen LogP contribution is 2.48. The number of rotatable bonds is 7. The zero-order valence-electron chi connectivity index (χ0n) is 20.3. The molecule has 0 bridgehead atoms. The first-order valence-corrected chi connectivity index (χ1v) is 12.1. The fourth-order valence-electron chi connectivity index (χ4n) is 4.90. The molecule has 5 rings (SSSR count). The molecule has 37 heavy (non-hydrogen) atoms. The van der Waals surface area contributed by atoms with Crippen molar-refractivity contribution in [1.82, 2.24) is 4.90 Å². The molecule has 0 amide bonds. The van der Waals surface area contributed by atoms with Gasteiger partial charge in [-0.15, -0.1) is 0 Å². The SMILES string of the molecule is CC1=C(c2cccc(C(F)(F)F)c2)[C@H](c2ccc(OCCN3CC(CF)C3)cc2)Oc2cc(O)ccc21. The molecule has 1 saturated heterocycles. The number of hydrogen-bond donors (Lipinski definition) is 1. The van der Waals surface area contributed by atoms with Gasteiger partial charge >= 0.3 is 6.18 Å². The molecule has 0 spiro atoms. The standard InChI is InChI=1S/C29H27F4NO3/c1-18-25-10-7-23(35)14-26(25)37-28(27(18)21-3-2-4-22(13-21)29(31,32)33)20-5-8-24(9-6-20)36-12-11-34-16-19(15-30)17-34/h2-10,13-14,19,28,35H,11-12,15-17H2,1H3/t28-/m0/s1. The topological polar surface area (TPSA) is 41.9 Å². The van der Waals surface area contributed by atoms with Gasteiger partial charge in [0, 0.05) is 42.8 Å². The van der Waals surface area contributed by atoms with Crippen molar-refractivity contribution < 1.29 is 32.1 Å². The fourth-order valence-corrected chi connectivity index (χ4v) is 4.90. The molecular formula is C29H27F4NO3. The lowest BCUT2D eigenvalue weighted by atomic mass is 9.85. The van der Waals surface area contributed by atoms with E-state index in [1.165, 1.54) is 18.2 Å². The van der Waals surface area contributed by atoms with Gasteiger partial charge in [0.2, 0.25) is 0 Å². The van der Waals surface area contributed by atoms with Crippen LogP contribution in [0.3, 0.4) is 0 Å². The van der Waals surface area contributed by atoms with E-state index in [9.17, 15) is 22.7 Å². The van der Waals surface area contributed by atoms with Crippen LogP contribution in [0.1, 0.15) is 35.3 Å². The van der Waals surface area contributed by atoms with Gasteiger partial charge in [-0.2, -0.15) is 13.2 Å². The second-order valence-electron chi connectivity index (χ2n) is 9.49. The molecule has 0 unspecified atom stereocenters. The number of ether oxygens (including phenoxy) is 2. The van der Waals surface area contributed by atoms with Crippen molar-refractivity contribution in [2.45, 2.75) is 19.2 Å². The molecule has 3 aromatic carbocycles. The van der Waals surface area contributed by atoms with Crippen LogP contribution in [-0.4, -0.2) is 42.9 Å². The average Bonchev–Trinajstić information content (AvgIpc) is 2.85. The Balaban J connectivity index is 1.42. The summed E-state index contributed by atoms with van der Waals surface area (Å²) in [7, 11) is 0. The molecule has 0 radical (unpaired) electrons. The van der Waals surface area contributed by atoms with Gasteiger partial charge in [0.1, 0.15) is 30.0 Å². The Morgan fingerprint density at radius 2 is 1.78 bits per heavy atom. The van der Waals surface area contributed by atoms with Crippen LogP contribution in [0.25, 0.3) is 11.1 Å². The van der Waals surface area contributed by atoms with E-state index in [1.807, 2.05) is 19.1 Å². The van der Waals surface area contributed by atoms with Crippen molar-refractivity contribution in [3.63, 3.8) is 0 Å². The van der Waals surface area contributed by atoms with Gasteiger partial charge in [-0.3, -0.25) is 9.29 Å². The Hall–Kier alpha value is -3.52. The smallest absolute Gasteiger partial charge is 0.416 e. The van der Waals surface area contributed by atoms with E-state index in [-0.39, 0.29) is 18.3 Å². The minimum absolute atomic E-state index is 0.0385. The molecule has 194 valence electrons. The van der Waals surface area contributed by atoms with Crippen molar-refractivity contribution >= 4 is 11.1 Å². The Bertz CT molecular complexity index is 1300. The van der Waals surface area contributed by atoms with Crippen molar-refractivity contribution in [1.29, 1.82) is 0 Å². The summed E-state index contributed by atoms with van der Waals surface area (Å²) < 4.78 is 65.2. The van der Waals surface area contributed by atoms with Gasteiger partial charge in [0.25, 0.3) is 0 Å². The van der Waals surface area contributed by atoms with E-state index in [0.29, 0.717) is 41.4 Å². The maximum Gasteiger partial charge on any atom is 0.416 e. The van der Waals surface area contributed by atoms with Gasteiger partial charge < -0.3 is 14.6 Å². The normalized spacial score (nSPS) is 18.2. The summed E-state index contributed by atoms with van der Waals surface area (Å²) in [5, 5.41) is 9.99. The van der Waals surface area contributed by atoms with Crippen LogP contribution in [0.4, 0.5) is 17.6 Å². The van der Waals surface area contributed by atoms with Crippen molar-refractivity contribution in [3.8, 4) is 17.2 Å². The average molecular weight is 514 g/mol. The number of aromatic hydroxyl groups is 1. The third-order valence-corrected chi connectivity index (χ3v) is 6.89. The molecule has 1 N–H and O–H groups in total. The van der Waals surface area contributed by atoms with Gasteiger partial charge in [0.15, 0.2) is 0 Å². The number of nitrogens with zero attached hydrogens (tertiary/aromatic N) is 1. The van der Waals surface area contributed by atoms with E-state index in [0.717, 1.165) is 36.4 Å². The van der Waals surface area contributed by atoms with Crippen LogP contribution < -0.4 is 9.47 Å². The lowest BCUT2D eigenvalue weighted by Crippen LogP contribution is -2.49. The van der Waals surface area contributed by atoms with Gasteiger partial charge in [-0.05, 0) is 60.0 Å². The molecule has 4 nitrogen and oxygen atoms in total. The van der Waals surface area contributed by atoms with E-state index in [1.54, 1.807) is 24.3 Å². The van der Waals surface area contributed by atoms with Gasteiger partial charge in [-0.1, -0.05) is 24.3 Å². The molecule has 2 aliphatic rings. The summed E-state index contributed by atoms with van der Waals surface area (Å²) >= 11 is 0. The largest absolute Gasteiger partial charge is 0.508 e. The number of phenols is 1. The molecule has 0 aromatic heterocycles. The second-order valence-corrected chi connectivity index (χ2v) is 9.49. The fraction of sp³-hybridized carbons (Fsp3) is 0.310. The number of benzene rings is 3. The highest BCUT2D eigenvalue weighted by molar-refractivity contribution is 5.95. The molecule has 1 atom stereocenters. The number of phenolic OH excluding ortho intramolecular Hbond substituents is 1. The Morgan fingerprint density at radius 3 is 2.49 bits per heavy atom. The molecule has 2 aliphatic heterocycles. The maximum atomic E-state index is 13.5. The number of hydrogen-bond acceptors (Lipinski definition) is 4. The number of allylic oxidation sites excluding steroid dienone is 1. The first-order chi connectivity index (χ1) is 17.7. The van der Waals surface area contributed by atoms with E-state index >= 15 is 0 Å². The monoisotopic (exact) mass is 513 g/mol. The molecule has 0 aliphatic carbocycles. The summed E-state index contributed by atoms with van der Waals surface area (Å²) in [5.74, 6) is 1.28. The predicted octanol–water partition coefficient (Wildman–Crippen LogP) is 6.76. The predicted molar refractivity (Wildman–Crippen MR) is 133 cm³/mol. The van der Waals surface area contributed by atoms with E-state index < -0.39 is 17.8 Å². The quantitative estimate of drug-likeness (QED) is 0.355. The van der Waals surface area contributed by atoms with Crippen LogP contribution in [0.2, 0.25) is 0 Å². The third kappa shape index (κ3) is 5.30. The Morgan fingerprint density at radius 1 is 1.03 bits per heavy atom. The van der Waals surface area contributed by atoms with Crippen LogP contribution >= 0.6 is 0 Å². The summed E-state index contributed by atoms with van der Waals surface area (Å²) in [6.07, 6.45) is -5.16. The Kier molecular flexibility index (Phi) is 6.86. The molecular weight excluding hydrogens is 486 g/mol. The first kappa shape index (κ1) is 25.1. The summed E-state index contributed by atoms with van der Waals surface area (Å²) in [4.78, 5) is 2.14. The number of fused-ring (bicyclic) bond motifs is 1. The number of halogens is 4. The maximum absolute atomic E-state index is 13.5. The first-order valence-electron chi connectivity index (χ1n) is 12.1. The number of alkyl halides is 4. The second kappa shape index (κ2) is 10.1. The number of likely N-dealkylation sites (tertiary alicyclic amines) is 1. The van der Waals surface area contributed by atoms with E-state index in [2.05, 4.69) is 4.90 Å². The van der Waals surface area contributed by atoms with Crippen LogP contribution in [-0.2, 0) is 6.18 Å². The highest BCUT2D eigenvalue weighted by atomic mass is 19.4. The lowest BCUT2D eigenvalue weighted by Gasteiger charge is -2.37. The van der Waals surface area contributed by atoms with Crippen molar-refractivity contribution in [3.05, 3.63) is 89.0 Å². The van der Waals surface area contributed by atoms with Crippen LogP contribution in [0.5, 0.6) is 17.2 Å². The van der Waals surface area contributed by atoms with Crippen molar-refractivity contribution in [2.75, 3.05) is 32.9 Å². The zero-order valence-corrected chi connectivity index (χ0v) is 20.3. The van der Waals surface area contributed by atoms with Crippen molar-refractivity contribution in [2.24, 2.45) is 5.92 Å². The molecule has 0 saturated carbocycles. The van der Waals surface area contributed by atoms with Gasteiger partial charge in [0.05, 0.1) is 12.2 Å². The third-order valence-electron chi connectivity index (χ3n) is 6.89. The summed E-state index contributed by atoms with van der Waals surface area (Å²) in [6, 6.07) is 17.2. The zero-order chi connectivity index (χ0) is 26.2. The van der Waals surface area contributed by atoms with Crippen LogP contribution in [0, 0.1) is 5.92 Å². The minimum atomic E-state index is -4.47. The summed E-state index contributed by atoms with van der Waals surface area (Å²) in [5.41, 5.74) is 2.52.